The van der Waals surface area contributed by atoms with Crippen molar-refractivity contribution in [2.24, 2.45) is 0 Å². The molecule has 0 aliphatic carbocycles. The maximum Gasteiger partial charge on any atom is 0.151 e. The largest absolute Gasteiger partial charge is 0.352 e. The van der Waals surface area contributed by atoms with Crippen LogP contribution in [0.2, 0.25) is 0 Å². The fraction of sp³-hybridized carbons (Fsp3) is 0.0769. The summed E-state index contributed by atoms with van der Waals surface area (Å²) < 4.78 is 14.3. The van der Waals surface area contributed by atoms with Crippen molar-refractivity contribution >= 4 is 33.6 Å². The van der Waals surface area contributed by atoms with E-state index < -0.39 is 0 Å². The number of aldehydes is 1. The van der Waals surface area contributed by atoms with E-state index in [1.807, 2.05) is 0 Å². The number of carbonyl (C=O) groups is 1. The summed E-state index contributed by atoms with van der Waals surface area (Å²) in [5.41, 5.74) is 2.17. The first-order chi connectivity index (χ1) is 8.61. The lowest BCUT2D eigenvalue weighted by atomic mass is 10.1. The highest BCUT2D eigenvalue weighted by Crippen LogP contribution is 2.25. The second-order valence-electron chi connectivity index (χ2n) is 3.77. The van der Waals surface area contributed by atoms with E-state index >= 15 is 0 Å². The SMILES string of the molecule is Cc1c(C=O)cncc1Nc1ccc(Br)cc1F. The first-order valence-electron chi connectivity index (χ1n) is 5.23. The number of nitrogens with one attached hydrogen (secondary N) is 1. The van der Waals surface area contributed by atoms with Crippen LogP contribution in [0.1, 0.15) is 15.9 Å². The summed E-state index contributed by atoms with van der Waals surface area (Å²) in [7, 11) is 0. The average molecular weight is 309 g/mol. The van der Waals surface area contributed by atoms with Crippen molar-refractivity contribution in [3.63, 3.8) is 0 Å². The van der Waals surface area contributed by atoms with Crippen molar-refractivity contribution in [3.05, 3.63) is 52.0 Å². The lowest BCUT2D eigenvalue weighted by molar-refractivity contribution is 0.112. The van der Waals surface area contributed by atoms with Crippen molar-refractivity contribution in [3.8, 4) is 0 Å². The fourth-order valence-corrected chi connectivity index (χ4v) is 1.86. The molecule has 0 saturated carbocycles. The maximum absolute atomic E-state index is 13.7. The van der Waals surface area contributed by atoms with Crippen molar-refractivity contribution in [2.75, 3.05) is 5.32 Å². The van der Waals surface area contributed by atoms with Gasteiger partial charge in [-0.3, -0.25) is 9.78 Å². The van der Waals surface area contributed by atoms with Crippen LogP contribution >= 0.6 is 15.9 Å². The monoisotopic (exact) mass is 308 g/mol. The molecular weight excluding hydrogens is 299 g/mol. The van der Waals surface area contributed by atoms with Gasteiger partial charge < -0.3 is 5.32 Å². The molecule has 0 aliphatic rings. The Hall–Kier alpha value is -1.75. The predicted molar refractivity (Wildman–Crippen MR) is 71.7 cm³/mol. The summed E-state index contributed by atoms with van der Waals surface area (Å²) in [6.07, 6.45) is 3.76. The molecule has 1 N–H and O–H groups in total. The number of anilines is 2. The van der Waals surface area contributed by atoms with Gasteiger partial charge in [-0.05, 0) is 30.7 Å². The van der Waals surface area contributed by atoms with Gasteiger partial charge in [0.05, 0.1) is 17.6 Å². The normalized spacial score (nSPS) is 10.2. The molecule has 1 aromatic carbocycles. The van der Waals surface area contributed by atoms with Gasteiger partial charge in [0.1, 0.15) is 5.82 Å². The van der Waals surface area contributed by atoms with E-state index in [2.05, 4.69) is 26.2 Å². The minimum atomic E-state index is -0.375. The zero-order valence-electron chi connectivity index (χ0n) is 9.58. The van der Waals surface area contributed by atoms with Crippen LogP contribution < -0.4 is 5.32 Å². The summed E-state index contributed by atoms with van der Waals surface area (Å²) in [6, 6.07) is 4.72. The van der Waals surface area contributed by atoms with Crippen LogP contribution in [-0.4, -0.2) is 11.3 Å². The van der Waals surface area contributed by atoms with Crippen LogP contribution in [-0.2, 0) is 0 Å². The maximum atomic E-state index is 13.7. The Morgan fingerprint density at radius 2 is 2.11 bits per heavy atom. The number of nitrogens with zero attached hydrogens (tertiary/aromatic N) is 1. The molecule has 0 bridgehead atoms. The second kappa shape index (κ2) is 5.27. The smallest absolute Gasteiger partial charge is 0.151 e. The van der Waals surface area contributed by atoms with E-state index in [0.717, 1.165) is 11.8 Å². The highest BCUT2D eigenvalue weighted by atomic mass is 79.9. The Balaban J connectivity index is 2.37. The van der Waals surface area contributed by atoms with Crippen molar-refractivity contribution < 1.29 is 9.18 Å². The number of carbonyl (C=O) groups excluding carboxylic acids is 1. The molecule has 2 aromatic rings. The van der Waals surface area contributed by atoms with Crippen molar-refractivity contribution in [1.29, 1.82) is 0 Å². The zero-order chi connectivity index (χ0) is 13.1. The third-order valence-electron chi connectivity index (χ3n) is 2.58. The standard InChI is InChI=1S/C13H10BrFN2O/c1-8-9(7-18)5-16-6-13(8)17-12-3-2-10(14)4-11(12)15/h2-7,17H,1H3. The first kappa shape index (κ1) is 12.7. The number of hydrogen-bond donors (Lipinski definition) is 1. The molecule has 0 aliphatic heterocycles. The Labute approximate surface area is 112 Å². The predicted octanol–water partition coefficient (Wildman–Crippen LogP) is 3.85. The van der Waals surface area contributed by atoms with E-state index in [4.69, 9.17) is 0 Å². The molecule has 0 unspecified atom stereocenters. The van der Waals surface area contributed by atoms with Gasteiger partial charge in [-0.15, -0.1) is 0 Å². The third-order valence-corrected chi connectivity index (χ3v) is 3.07. The molecular formula is C13H10BrFN2O. The Kier molecular flexibility index (Phi) is 3.72. The molecule has 92 valence electrons. The molecule has 1 aromatic heterocycles. The molecule has 0 amide bonds. The number of hydrogen-bond acceptors (Lipinski definition) is 3. The van der Waals surface area contributed by atoms with Gasteiger partial charge in [0.15, 0.2) is 6.29 Å². The van der Waals surface area contributed by atoms with Crippen molar-refractivity contribution in [1.82, 2.24) is 4.98 Å². The van der Waals surface area contributed by atoms with Crippen LogP contribution in [0, 0.1) is 12.7 Å². The molecule has 0 spiro atoms. The van der Waals surface area contributed by atoms with Crippen LogP contribution in [0.5, 0.6) is 0 Å². The van der Waals surface area contributed by atoms with E-state index in [9.17, 15) is 9.18 Å². The summed E-state index contributed by atoms with van der Waals surface area (Å²) in [5, 5.41) is 2.93. The highest BCUT2D eigenvalue weighted by molar-refractivity contribution is 9.10. The van der Waals surface area contributed by atoms with Crippen LogP contribution in [0.25, 0.3) is 0 Å². The lowest BCUT2D eigenvalue weighted by Crippen LogP contribution is -1.99. The van der Waals surface area contributed by atoms with Crippen LogP contribution in [0.4, 0.5) is 15.8 Å². The number of aromatic nitrogens is 1. The van der Waals surface area contributed by atoms with E-state index in [1.54, 1.807) is 25.3 Å². The Bertz CT molecular complexity index is 602. The van der Waals surface area contributed by atoms with Gasteiger partial charge in [0, 0.05) is 16.2 Å². The molecule has 0 radical (unpaired) electrons. The van der Waals surface area contributed by atoms with Gasteiger partial charge >= 0.3 is 0 Å². The van der Waals surface area contributed by atoms with Gasteiger partial charge in [-0.2, -0.15) is 0 Å². The van der Waals surface area contributed by atoms with Crippen LogP contribution in [0.3, 0.4) is 0 Å². The number of benzene rings is 1. The molecule has 5 heteroatoms. The average Bonchev–Trinajstić information content (AvgIpc) is 2.35. The summed E-state index contributed by atoms with van der Waals surface area (Å²) in [4.78, 5) is 14.7. The van der Waals surface area contributed by atoms with Crippen LogP contribution in [0.15, 0.2) is 35.1 Å². The molecule has 2 rings (SSSR count). The topological polar surface area (TPSA) is 42.0 Å². The van der Waals surface area contributed by atoms with Crippen molar-refractivity contribution in [2.45, 2.75) is 6.92 Å². The highest BCUT2D eigenvalue weighted by Gasteiger charge is 2.07. The van der Waals surface area contributed by atoms with E-state index in [-0.39, 0.29) is 5.82 Å². The molecule has 1 heterocycles. The second-order valence-corrected chi connectivity index (χ2v) is 4.68. The Morgan fingerprint density at radius 1 is 1.33 bits per heavy atom. The number of rotatable bonds is 3. The Morgan fingerprint density at radius 3 is 2.78 bits per heavy atom. The van der Waals surface area contributed by atoms with Gasteiger partial charge in [-0.25, -0.2) is 4.39 Å². The lowest BCUT2D eigenvalue weighted by Gasteiger charge is -2.11. The summed E-state index contributed by atoms with van der Waals surface area (Å²) in [5.74, 6) is -0.375. The van der Waals surface area contributed by atoms with Gasteiger partial charge in [0.2, 0.25) is 0 Å². The number of pyridine rings is 1. The summed E-state index contributed by atoms with van der Waals surface area (Å²) in [6.45, 7) is 1.78. The quantitative estimate of drug-likeness (QED) is 0.876. The zero-order valence-corrected chi connectivity index (χ0v) is 11.2. The summed E-state index contributed by atoms with van der Waals surface area (Å²) >= 11 is 3.19. The van der Waals surface area contributed by atoms with Gasteiger partial charge in [-0.1, -0.05) is 15.9 Å². The molecule has 18 heavy (non-hydrogen) atoms. The van der Waals surface area contributed by atoms with Gasteiger partial charge in [0.25, 0.3) is 0 Å². The minimum Gasteiger partial charge on any atom is -0.352 e. The van der Waals surface area contributed by atoms with E-state index in [1.165, 1.54) is 12.3 Å². The van der Waals surface area contributed by atoms with E-state index in [0.29, 0.717) is 21.4 Å². The molecule has 0 atom stereocenters. The minimum absolute atomic E-state index is 0.339. The molecule has 3 nitrogen and oxygen atoms in total. The number of halogens is 2. The molecule has 0 saturated heterocycles. The molecule has 0 fully saturated rings. The third kappa shape index (κ3) is 2.56. The fourth-order valence-electron chi connectivity index (χ4n) is 1.52. The first-order valence-corrected chi connectivity index (χ1v) is 6.03.